The highest BCUT2D eigenvalue weighted by Crippen LogP contribution is 2.25. The molecule has 130 valence electrons. The zero-order valence-electron chi connectivity index (χ0n) is 14.0. The number of aryl methyl sites for hydroxylation is 1. The van der Waals surface area contributed by atoms with Crippen LogP contribution in [0.25, 0.3) is 0 Å². The quantitative estimate of drug-likeness (QED) is 0.290. The van der Waals surface area contributed by atoms with Gasteiger partial charge in [0.1, 0.15) is 12.4 Å². The molecular weight excluding hydrogens is 421 g/mol. The van der Waals surface area contributed by atoms with Crippen LogP contribution in [0.4, 0.5) is 0 Å². The highest BCUT2D eigenvalue weighted by molar-refractivity contribution is 14.0. The largest absolute Gasteiger partial charge is 0.492 e. The smallest absolute Gasteiger partial charge is 0.191 e. The van der Waals surface area contributed by atoms with Crippen molar-refractivity contribution < 1.29 is 4.74 Å². The number of hydrogen-bond donors (Lipinski definition) is 2. The number of nitrogens with zero attached hydrogens (tertiary/aromatic N) is 1. The van der Waals surface area contributed by atoms with E-state index in [0.717, 1.165) is 31.3 Å². The van der Waals surface area contributed by atoms with Crippen LogP contribution in [-0.2, 0) is 0 Å². The summed E-state index contributed by atoms with van der Waals surface area (Å²) in [6.07, 6.45) is 2.63. The monoisotopic (exact) mass is 449 g/mol. The van der Waals surface area contributed by atoms with Crippen LogP contribution in [0.2, 0.25) is 0 Å². The summed E-state index contributed by atoms with van der Waals surface area (Å²) >= 11 is 2.04. The minimum atomic E-state index is 0. The van der Waals surface area contributed by atoms with Crippen molar-refractivity contribution in [2.24, 2.45) is 4.99 Å². The fourth-order valence-electron chi connectivity index (χ4n) is 2.30. The van der Waals surface area contributed by atoms with Crippen LogP contribution in [0.5, 0.6) is 5.75 Å². The van der Waals surface area contributed by atoms with E-state index >= 15 is 0 Å². The normalized spacial score (nSPS) is 17.5. The van der Waals surface area contributed by atoms with Gasteiger partial charge in [0.25, 0.3) is 0 Å². The van der Waals surface area contributed by atoms with Gasteiger partial charge in [-0.15, -0.1) is 24.0 Å². The molecule has 0 spiro atoms. The van der Waals surface area contributed by atoms with Crippen LogP contribution in [0.3, 0.4) is 0 Å². The molecule has 1 aromatic carbocycles. The van der Waals surface area contributed by atoms with Gasteiger partial charge in [0.05, 0.1) is 13.1 Å². The van der Waals surface area contributed by atoms with Crippen molar-refractivity contribution in [3.63, 3.8) is 0 Å². The van der Waals surface area contributed by atoms with Crippen molar-refractivity contribution in [1.29, 1.82) is 0 Å². The van der Waals surface area contributed by atoms with Crippen molar-refractivity contribution in [1.82, 2.24) is 10.6 Å². The van der Waals surface area contributed by atoms with E-state index in [1.165, 1.54) is 24.2 Å². The lowest BCUT2D eigenvalue weighted by Crippen LogP contribution is -2.39. The SMILES string of the molecule is CCNC(=NCC1CCCS1)NCCOc1ccc(C)cc1.I. The maximum absolute atomic E-state index is 5.72. The average molecular weight is 449 g/mol. The molecule has 0 aromatic heterocycles. The molecule has 1 saturated heterocycles. The molecule has 1 unspecified atom stereocenters. The minimum Gasteiger partial charge on any atom is -0.492 e. The topological polar surface area (TPSA) is 45.7 Å². The second kappa shape index (κ2) is 11.8. The summed E-state index contributed by atoms with van der Waals surface area (Å²) in [6, 6.07) is 8.14. The molecule has 2 rings (SSSR count). The Hall–Kier alpha value is -0.630. The molecular formula is C17H28IN3OS. The maximum atomic E-state index is 5.72. The lowest BCUT2D eigenvalue weighted by molar-refractivity contribution is 0.322. The molecule has 6 heteroatoms. The maximum Gasteiger partial charge on any atom is 0.191 e. The predicted octanol–water partition coefficient (Wildman–Crippen LogP) is 3.44. The summed E-state index contributed by atoms with van der Waals surface area (Å²) in [4.78, 5) is 4.67. The van der Waals surface area contributed by atoms with Crippen LogP contribution in [0.15, 0.2) is 29.3 Å². The number of halogens is 1. The Morgan fingerprint density at radius 3 is 2.74 bits per heavy atom. The highest BCUT2D eigenvalue weighted by Gasteiger charge is 2.14. The van der Waals surface area contributed by atoms with Gasteiger partial charge in [0, 0.05) is 11.8 Å². The van der Waals surface area contributed by atoms with E-state index in [9.17, 15) is 0 Å². The summed E-state index contributed by atoms with van der Waals surface area (Å²) in [5, 5.41) is 7.31. The highest BCUT2D eigenvalue weighted by atomic mass is 127. The van der Waals surface area contributed by atoms with E-state index in [1.807, 2.05) is 23.9 Å². The summed E-state index contributed by atoms with van der Waals surface area (Å²) in [5.41, 5.74) is 1.25. The van der Waals surface area contributed by atoms with Gasteiger partial charge in [0.15, 0.2) is 5.96 Å². The van der Waals surface area contributed by atoms with E-state index in [4.69, 9.17) is 4.74 Å². The second-order valence-corrected chi connectivity index (χ2v) is 6.85. The predicted molar refractivity (Wildman–Crippen MR) is 112 cm³/mol. The standard InChI is InChI=1S/C17H27N3OS.HI/c1-3-18-17(20-13-16-5-4-12-22-16)19-10-11-21-15-8-6-14(2)7-9-15;/h6-9,16H,3-5,10-13H2,1-2H3,(H2,18,19,20);1H. The van der Waals surface area contributed by atoms with Crippen LogP contribution in [-0.4, -0.2) is 43.2 Å². The number of thioether (sulfide) groups is 1. The molecule has 4 nitrogen and oxygen atoms in total. The van der Waals surface area contributed by atoms with Crippen molar-refractivity contribution in [3.8, 4) is 5.75 Å². The third-order valence-corrected chi connectivity index (χ3v) is 4.89. The summed E-state index contributed by atoms with van der Waals surface area (Å²) in [5.74, 6) is 3.09. The van der Waals surface area contributed by atoms with Crippen LogP contribution in [0.1, 0.15) is 25.3 Å². The van der Waals surface area contributed by atoms with Crippen molar-refractivity contribution in [3.05, 3.63) is 29.8 Å². The van der Waals surface area contributed by atoms with E-state index in [-0.39, 0.29) is 24.0 Å². The molecule has 0 saturated carbocycles. The Balaban J connectivity index is 0.00000264. The first-order valence-electron chi connectivity index (χ1n) is 8.11. The Bertz CT molecular complexity index is 461. The van der Waals surface area contributed by atoms with Crippen molar-refractivity contribution in [2.75, 3.05) is 32.0 Å². The van der Waals surface area contributed by atoms with Crippen LogP contribution in [0, 0.1) is 6.92 Å². The fraction of sp³-hybridized carbons (Fsp3) is 0.588. The number of benzene rings is 1. The van der Waals surface area contributed by atoms with Gasteiger partial charge in [0.2, 0.25) is 0 Å². The molecule has 23 heavy (non-hydrogen) atoms. The average Bonchev–Trinajstić information content (AvgIpc) is 3.04. The number of rotatable bonds is 7. The van der Waals surface area contributed by atoms with E-state index < -0.39 is 0 Å². The number of ether oxygens (including phenoxy) is 1. The Kier molecular flexibility index (Phi) is 10.5. The van der Waals surface area contributed by atoms with Gasteiger partial charge in [-0.05, 0) is 44.6 Å². The minimum absolute atomic E-state index is 0. The molecule has 1 aliphatic rings. The number of hydrogen-bond acceptors (Lipinski definition) is 3. The van der Waals surface area contributed by atoms with Crippen molar-refractivity contribution in [2.45, 2.75) is 31.9 Å². The van der Waals surface area contributed by atoms with Crippen molar-refractivity contribution >= 4 is 41.7 Å². The van der Waals surface area contributed by atoms with E-state index in [1.54, 1.807) is 0 Å². The molecule has 2 N–H and O–H groups in total. The van der Waals surface area contributed by atoms with Crippen LogP contribution >= 0.6 is 35.7 Å². The third kappa shape index (κ3) is 8.15. The Morgan fingerprint density at radius 2 is 2.09 bits per heavy atom. The molecule has 1 aliphatic heterocycles. The van der Waals surface area contributed by atoms with E-state index in [2.05, 4.69) is 41.6 Å². The summed E-state index contributed by atoms with van der Waals surface area (Å²) < 4.78 is 5.72. The van der Waals surface area contributed by atoms with Gasteiger partial charge < -0.3 is 15.4 Å². The Labute approximate surface area is 161 Å². The van der Waals surface area contributed by atoms with Gasteiger partial charge >= 0.3 is 0 Å². The first-order chi connectivity index (χ1) is 10.8. The first kappa shape index (κ1) is 20.4. The van der Waals surface area contributed by atoms with Crippen LogP contribution < -0.4 is 15.4 Å². The molecule has 0 radical (unpaired) electrons. The summed E-state index contributed by atoms with van der Waals surface area (Å²) in [6.45, 7) is 7.32. The van der Waals surface area contributed by atoms with Gasteiger partial charge in [-0.3, -0.25) is 4.99 Å². The number of guanidine groups is 1. The third-order valence-electron chi connectivity index (χ3n) is 3.51. The fourth-order valence-corrected chi connectivity index (χ4v) is 3.48. The number of aliphatic imine (C=N–C) groups is 1. The first-order valence-corrected chi connectivity index (χ1v) is 9.16. The number of nitrogens with one attached hydrogen (secondary N) is 2. The van der Waals surface area contributed by atoms with Gasteiger partial charge in [-0.1, -0.05) is 17.7 Å². The molecule has 0 amide bonds. The van der Waals surface area contributed by atoms with Gasteiger partial charge in [-0.2, -0.15) is 11.8 Å². The molecule has 1 aromatic rings. The van der Waals surface area contributed by atoms with Gasteiger partial charge in [-0.25, -0.2) is 0 Å². The molecule has 1 atom stereocenters. The molecule has 1 heterocycles. The Morgan fingerprint density at radius 1 is 1.30 bits per heavy atom. The second-order valence-electron chi connectivity index (χ2n) is 5.44. The summed E-state index contributed by atoms with van der Waals surface area (Å²) in [7, 11) is 0. The molecule has 0 aliphatic carbocycles. The molecule has 1 fully saturated rings. The zero-order valence-corrected chi connectivity index (χ0v) is 17.2. The van der Waals surface area contributed by atoms with E-state index in [0.29, 0.717) is 11.9 Å². The molecule has 0 bridgehead atoms. The lowest BCUT2D eigenvalue weighted by atomic mass is 10.2. The lowest BCUT2D eigenvalue weighted by Gasteiger charge is -2.13. The zero-order chi connectivity index (χ0) is 15.6.